The molecule has 1 fully saturated rings. The zero-order valence-electron chi connectivity index (χ0n) is 19.6. The Bertz CT molecular complexity index is 1210. The minimum absolute atomic E-state index is 0.0838. The number of amides is 1. The molecule has 1 amide bonds. The van der Waals surface area contributed by atoms with Gasteiger partial charge in [0.2, 0.25) is 15.9 Å². The molecule has 2 heterocycles. The molecule has 1 saturated heterocycles. The fourth-order valence-corrected chi connectivity index (χ4v) is 7.02. The van der Waals surface area contributed by atoms with E-state index in [-0.39, 0.29) is 11.4 Å². The average molecular weight is 514 g/mol. The Balaban J connectivity index is 1.58. The Labute approximate surface area is 210 Å². The number of thioether (sulfide) groups is 1. The second kappa shape index (κ2) is 10.5. The third kappa shape index (κ3) is 5.42. The second-order valence-electron chi connectivity index (χ2n) is 8.99. The smallest absolute Gasteiger partial charge is 0.249 e. The molecule has 0 saturated carbocycles. The molecule has 0 radical (unpaired) electrons. The number of alkyl halides is 1. The first-order valence-corrected chi connectivity index (χ1v) is 13.8. The van der Waals surface area contributed by atoms with Gasteiger partial charge in [0, 0.05) is 23.9 Å². The van der Waals surface area contributed by atoms with E-state index < -0.39 is 39.4 Å². The van der Waals surface area contributed by atoms with Gasteiger partial charge in [-0.25, -0.2) is 8.42 Å². The van der Waals surface area contributed by atoms with Crippen molar-refractivity contribution >= 4 is 27.7 Å². The molecule has 1 unspecified atom stereocenters. The molecule has 2 aromatic carbocycles. The van der Waals surface area contributed by atoms with E-state index in [1.807, 2.05) is 42.5 Å². The molecular formula is C26H28FN3O3S2. The molecule has 9 heteroatoms. The SMILES string of the molecule is CC(C)(CF)c1ccc(S(=O)(=O)N2CCSC2C(=O)N[C@H](c2ccccc2)c2ccccn2)cc1. The topological polar surface area (TPSA) is 79.4 Å². The highest BCUT2D eigenvalue weighted by Gasteiger charge is 2.41. The highest BCUT2D eigenvalue weighted by Crippen LogP contribution is 2.32. The molecule has 0 aliphatic carbocycles. The minimum atomic E-state index is -3.92. The molecular weight excluding hydrogens is 485 g/mol. The van der Waals surface area contributed by atoms with Crippen LogP contribution < -0.4 is 5.32 Å². The van der Waals surface area contributed by atoms with Gasteiger partial charge in [0.15, 0.2) is 0 Å². The number of sulfonamides is 1. The van der Waals surface area contributed by atoms with E-state index in [1.54, 1.807) is 38.2 Å². The highest BCUT2D eigenvalue weighted by atomic mass is 32.2. The molecule has 1 aromatic heterocycles. The lowest BCUT2D eigenvalue weighted by atomic mass is 9.86. The largest absolute Gasteiger partial charge is 0.341 e. The number of carbonyl (C=O) groups is 1. The first-order valence-electron chi connectivity index (χ1n) is 11.3. The van der Waals surface area contributed by atoms with Crippen LogP contribution in [0, 0.1) is 0 Å². The highest BCUT2D eigenvalue weighted by molar-refractivity contribution is 8.02. The summed E-state index contributed by atoms with van der Waals surface area (Å²) in [6, 6.07) is 20.7. The summed E-state index contributed by atoms with van der Waals surface area (Å²) < 4.78 is 41.5. The van der Waals surface area contributed by atoms with E-state index in [0.717, 1.165) is 5.56 Å². The Morgan fingerprint density at radius 3 is 2.43 bits per heavy atom. The predicted molar refractivity (Wildman–Crippen MR) is 136 cm³/mol. The lowest BCUT2D eigenvalue weighted by Crippen LogP contribution is -2.46. The zero-order valence-corrected chi connectivity index (χ0v) is 21.2. The van der Waals surface area contributed by atoms with Crippen molar-refractivity contribution in [3.8, 4) is 0 Å². The second-order valence-corrected chi connectivity index (χ2v) is 12.1. The number of rotatable bonds is 8. The third-order valence-electron chi connectivity index (χ3n) is 6.05. The lowest BCUT2D eigenvalue weighted by Gasteiger charge is -2.26. The van der Waals surface area contributed by atoms with Crippen LogP contribution in [0.3, 0.4) is 0 Å². The van der Waals surface area contributed by atoms with Crippen LogP contribution in [-0.2, 0) is 20.2 Å². The number of nitrogens with zero attached hydrogens (tertiary/aromatic N) is 2. The molecule has 184 valence electrons. The van der Waals surface area contributed by atoms with E-state index in [0.29, 0.717) is 17.0 Å². The van der Waals surface area contributed by atoms with Crippen LogP contribution in [0.15, 0.2) is 83.9 Å². The summed E-state index contributed by atoms with van der Waals surface area (Å²) in [6.07, 6.45) is 1.66. The maximum absolute atomic E-state index is 13.5. The van der Waals surface area contributed by atoms with Gasteiger partial charge in [-0.2, -0.15) is 4.31 Å². The lowest BCUT2D eigenvalue weighted by molar-refractivity contribution is -0.122. The molecule has 1 aliphatic rings. The van der Waals surface area contributed by atoms with Crippen molar-refractivity contribution in [2.24, 2.45) is 0 Å². The van der Waals surface area contributed by atoms with Crippen LogP contribution in [-0.4, -0.2) is 48.0 Å². The number of hydrogen-bond donors (Lipinski definition) is 1. The van der Waals surface area contributed by atoms with Crippen LogP contribution in [0.2, 0.25) is 0 Å². The van der Waals surface area contributed by atoms with Gasteiger partial charge in [-0.05, 0) is 35.4 Å². The molecule has 4 rings (SSSR count). The summed E-state index contributed by atoms with van der Waals surface area (Å²) in [5.74, 6) is 0.106. The number of benzene rings is 2. The fraction of sp³-hybridized carbons (Fsp3) is 0.308. The molecule has 6 nitrogen and oxygen atoms in total. The Morgan fingerprint density at radius 2 is 1.80 bits per heavy atom. The quantitative estimate of drug-likeness (QED) is 0.486. The maximum Gasteiger partial charge on any atom is 0.249 e. The number of nitrogens with one attached hydrogen (secondary N) is 1. The van der Waals surface area contributed by atoms with Crippen molar-refractivity contribution in [1.82, 2.24) is 14.6 Å². The average Bonchev–Trinajstić information content (AvgIpc) is 3.39. The van der Waals surface area contributed by atoms with E-state index in [4.69, 9.17) is 0 Å². The minimum Gasteiger partial charge on any atom is -0.341 e. The van der Waals surface area contributed by atoms with Gasteiger partial charge in [-0.15, -0.1) is 11.8 Å². The number of pyridine rings is 1. The number of halogens is 1. The third-order valence-corrected chi connectivity index (χ3v) is 9.27. The van der Waals surface area contributed by atoms with Crippen molar-refractivity contribution in [2.45, 2.75) is 35.6 Å². The van der Waals surface area contributed by atoms with Crippen LogP contribution in [0.25, 0.3) is 0 Å². The van der Waals surface area contributed by atoms with Gasteiger partial charge in [0.25, 0.3) is 0 Å². The molecule has 1 aliphatic heterocycles. The molecule has 2 atom stereocenters. The first kappa shape index (κ1) is 25.3. The van der Waals surface area contributed by atoms with E-state index in [9.17, 15) is 17.6 Å². The first-order chi connectivity index (χ1) is 16.7. The van der Waals surface area contributed by atoms with Gasteiger partial charge >= 0.3 is 0 Å². The Hall–Kier alpha value is -2.75. The van der Waals surface area contributed by atoms with Crippen LogP contribution in [0.4, 0.5) is 4.39 Å². The normalized spacial score (nSPS) is 17.7. The molecule has 35 heavy (non-hydrogen) atoms. The van der Waals surface area contributed by atoms with Crippen LogP contribution >= 0.6 is 11.8 Å². The van der Waals surface area contributed by atoms with E-state index in [1.165, 1.54) is 28.2 Å². The van der Waals surface area contributed by atoms with Gasteiger partial charge in [0.05, 0.1) is 23.3 Å². The number of aromatic nitrogens is 1. The van der Waals surface area contributed by atoms with Crippen LogP contribution in [0.1, 0.15) is 36.7 Å². The van der Waals surface area contributed by atoms with Gasteiger partial charge < -0.3 is 5.32 Å². The summed E-state index contributed by atoms with van der Waals surface area (Å²) in [7, 11) is -3.92. The predicted octanol–water partition coefficient (Wildman–Crippen LogP) is 4.30. The van der Waals surface area contributed by atoms with Crippen molar-refractivity contribution in [3.63, 3.8) is 0 Å². The number of hydrogen-bond acceptors (Lipinski definition) is 5. The Morgan fingerprint density at radius 1 is 1.11 bits per heavy atom. The van der Waals surface area contributed by atoms with E-state index >= 15 is 0 Å². The zero-order chi connectivity index (χ0) is 25.1. The Kier molecular flexibility index (Phi) is 7.59. The van der Waals surface area contributed by atoms with Gasteiger partial charge in [-0.3, -0.25) is 14.2 Å². The summed E-state index contributed by atoms with van der Waals surface area (Å²) in [6.45, 7) is 3.20. The van der Waals surface area contributed by atoms with Crippen LogP contribution in [0.5, 0.6) is 0 Å². The number of carbonyl (C=O) groups excluding carboxylic acids is 1. The summed E-state index contributed by atoms with van der Waals surface area (Å²) >= 11 is 1.29. The maximum atomic E-state index is 13.5. The van der Waals surface area contributed by atoms with Crippen molar-refractivity contribution in [2.75, 3.05) is 19.0 Å². The summed E-state index contributed by atoms with van der Waals surface area (Å²) in [4.78, 5) is 17.9. The molecule has 0 spiro atoms. The van der Waals surface area contributed by atoms with Crippen molar-refractivity contribution in [3.05, 3.63) is 95.8 Å². The molecule has 3 aromatic rings. The van der Waals surface area contributed by atoms with Gasteiger partial charge in [-0.1, -0.05) is 62.4 Å². The summed E-state index contributed by atoms with van der Waals surface area (Å²) in [5.41, 5.74) is 1.52. The van der Waals surface area contributed by atoms with Crippen molar-refractivity contribution < 1.29 is 17.6 Å². The summed E-state index contributed by atoms with van der Waals surface area (Å²) in [5, 5.41) is 2.11. The standard InChI is InChI=1S/C26H28FN3O3S2/c1-26(2,18-27)20-11-13-21(14-12-20)35(32,33)30-16-17-34-25(30)24(31)29-23(19-8-4-3-5-9-19)22-10-6-7-15-28-22/h3-15,23,25H,16-18H2,1-2H3,(H,29,31)/t23-,25?/m1/s1. The van der Waals surface area contributed by atoms with E-state index in [2.05, 4.69) is 10.3 Å². The molecule has 0 bridgehead atoms. The monoisotopic (exact) mass is 513 g/mol. The molecule has 1 N–H and O–H groups in total. The fourth-order valence-electron chi connectivity index (χ4n) is 3.93. The van der Waals surface area contributed by atoms with Crippen molar-refractivity contribution in [1.29, 1.82) is 0 Å². The van der Waals surface area contributed by atoms with Gasteiger partial charge in [0.1, 0.15) is 5.37 Å².